The predicted molar refractivity (Wildman–Crippen MR) is 157 cm³/mol. The monoisotopic (exact) mass is 555 g/mol. The average molecular weight is 556 g/mol. The number of rotatable bonds is 7. The zero-order chi connectivity index (χ0) is 28.9. The summed E-state index contributed by atoms with van der Waals surface area (Å²) in [6.45, 7) is 6.21. The van der Waals surface area contributed by atoms with Crippen molar-refractivity contribution in [2.45, 2.75) is 26.2 Å². The van der Waals surface area contributed by atoms with Gasteiger partial charge in [-0.3, -0.25) is 9.59 Å². The third-order valence-corrected chi connectivity index (χ3v) is 6.59. The molecule has 0 aromatic heterocycles. The second-order valence-electron chi connectivity index (χ2n) is 10.1. The number of ether oxygens (including phenoxy) is 1. The minimum atomic E-state index is -2.85. The molecule has 0 saturated carbocycles. The van der Waals surface area contributed by atoms with E-state index in [2.05, 4.69) is 35.8 Å². The molecule has 0 unspecified atom stereocenters. The Morgan fingerprint density at radius 3 is 2.00 bits per heavy atom. The van der Waals surface area contributed by atoms with Crippen molar-refractivity contribution in [3.8, 4) is 16.9 Å². The van der Waals surface area contributed by atoms with Crippen molar-refractivity contribution in [1.82, 2.24) is 0 Å². The number of hydrogen-bond donors (Lipinski definition) is 2. The van der Waals surface area contributed by atoms with Crippen molar-refractivity contribution in [3.05, 3.63) is 108 Å². The number of hydrogen-bond acceptors (Lipinski definition) is 6. The lowest BCUT2D eigenvalue weighted by molar-refractivity contribution is 0.102. The van der Waals surface area contributed by atoms with E-state index in [9.17, 15) is 18.0 Å². The summed E-state index contributed by atoms with van der Waals surface area (Å²) in [5.74, 6) is -0.456. The fraction of sp³-hybridized carbons (Fsp3) is 0.161. The molecule has 40 heavy (non-hydrogen) atoms. The highest BCUT2D eigenvalue weighted by Crippen LogP contribution is 2.36. The van der Waals surface area contributed by atoms with Crippen LogP contribution in [0.4, 0.5) is 17.1 Å². The van der Waals surface area contributed by atoms with Crippen molar-refractivity contribution in [2.24, 2.45) is 4.36 Å². The molecule has 0 fully saturated rings. The van der Waals surface area contributed by atoms with Crippen LogP contribution < -0.4 is 15.4 Å². The van der Waals surface area contributed by atoms with Crippen molar-refractivity contribution < 1.29 is 22.7 Å². The van der Waals surface area contributed by atoms with Gasteiger partial charge in [-0.15, -0.1) is 4.36 Å². The van der Waals surface area contributed by atoms with Gasteiger partial charge in [0, 0.05) is 11.3 Å². The lowest BCUT2D eigenvalue weighted by atomic mass is 9.86. The molecule has 0 aliphatic carbocycles. The standard InChI is InChI=1S/C31H29N3O5S/c1-31(2,3)23-12-10-21(11-13-23)29(35)33-28-26(30(36)32-24-14-16-25(39-4)17-15-24)18-22(19-27(28)34-40(37)38)20-8-6-5-7-9-20/h5-19H,1-4H3,(H,32,36)(H,33,35). The lowest BCUT2D eigenvalue weighted by Crippen LogP contribution is -2.19. The third kappa shape index (κ3) is 6.81. The van der Waals surface area contributed by atoms with E-state index in [4.69, 9.17) is 4.74 Å². The number of methoxy groups -OCH3 is 1. The molecular weight excluding hydrogens is 526 g/mol. The first-order valence-electron chi connectivity index (χ1n) is 12.5. The molecule has 0 aliphatic heterocycles. The quantitative estimate of drug-likeness (QED) is 0.259. The minimum absolute atomic E-state index is 0.0280. The Hall–Kier alpha value is -4.76. The number of benzene rings is 4. The molecule has 0 bridgehead atoms. The summed E-state index contributed by atoms with van der Waals surface area (Å²) >= 11 is 0. The number of carbonyl (C=O) groups is 2. The van der Waals surface area contributed by atoms with Gasteiger partial charge in [0.1, 0.15) is 11.4 Å². The highest BCUT2D eigenvalue weighted by atomic mass is 32.2. The minimum Gasteiger partial charge on any atom is -0.497 e. The van der Waals surface area contributed by atoms with Gasteiger partial charge in [-0.25, -0.2) is 0 Å². The molecule has 204 valence electrons. The van der Waals surface area contributed by atoms with Crippen LogP contribution in [0.1, 0.15) is 47.1 Å². The smallest absolute Gasteiger partial charge is 0.316 e. The van der Waals surface area contributed by atoms with Crippen LogP contribution in [0, 0.1) is 0 Å². The van der Waals surface area contributed by atoms with Gasteiger partial charge in [0.05, 0.1) is 18.4 Å². The zero-order valence-electron chi connectivity index (χ0n) is 22.6. The van der Waals surface area contributed by atoms with Gasteiger partial charge in [0.25, 0.3) is 11.8 Å². The fourth-order valence-corrected chi connectivity index (χ4v) is 4.37. The molecule has 2 amide bonds. The molecular formula is C31H29N3O5S. The Morgan fingerprint density at radius 1 is 0.775 bits per heavy atom. The molecule has 0 spiro atoms. The average Bonchev–Trinajstić information content (AvgIpc) is 2.94. The summed E-state index contributed by atoms with van der Waals surface area (Å²) in [5.41, 5.74) is 3.01. The van der Waals surface area contributed by atoms with Crippen LogP contribution in [0.3, 0.4) is 0 Å². The van der Waals surface area contributed by atoms with E-state index in [1.165, 1.54) is 6.07 Å². The van der Waals surface area contributed by atoms with E-state index in [1.54, 1.807) is 49.6 Å². The number of amides is 2. The number of nitrogens with zero attached hydrogens (tertiary/aromatic N) is 1. The van der Waals surface area contributed by atoms with E-state index < -0.39 is 22.3 Å². The van der Waals surface area contributed by atoms with Crippen molar-refractivity contribution in [3.63, 3.8) is 0 Å². The molecule has 2 N–H and O–H groups in total. The summed E-state index contributed by atoms with van der Waals surface area (Å²) in [6.07, 6.45) is 0. The number of carbonyl (C=O) groups excluding carboxylic acids is 2. The van der Waals surface area contributed by atoms with E-state index >= 15 is 0 Å². The van der Waals surface area contributed by atoms with E-state index in [-0.39, 0.29) is 22.4 Å². The van der Waals surface area contributed by atoms with Gasteiger partial charge in [0.15, 0.2) is 0 Å². The first-order valence-corrected chi connectivity index (χ1v) is 13.5. The summed E-state index contributed by atoms with van der Waals surface area (Å²) in [5, 5.41) is 5.54. The van der Waals surface area contributed by atoms with Crippen LogP contribution in [-0.4, -0.2) is 27.3 Å². The molecule has 8 nitrogen and oxygen atoms in total. The summed E-state index contributed by atoms with van der Waals surface area (Å²) in [4.78, 5) is 26.9. The highest BCUT2D eigenvalue weighted by Gasteiger charge is 2.22. The third-order valence-electron chi connectivity index (χ3n) is 6.24. The maximum absolute atomic E-state index is 13.6. The molecule has 0 atom stereocenters. The summed E-state index contributed by atoms with van der Waals surface area (Å²) in [6, 6.07) is 26.1. The van der Waals surface area contributed by atoms with Crippen LogP contribution in [0.25, 0.3) is 11.1 Å². The van der Waals surface area contributed by atoms with Gasteiger partial charge >= 0.3 is 10.5 Å². The molecule has 9 heteroatoms. The van der Waals surface area contributed by atoms with Crippen LogP contribution in [-0.2, 0) is 15.9 Å². The maximum atomic E-state index is 13.6. The summed E-state index contributed by atoms with van der Waals surface area (Å²) < 4.78 is 32.3. The highest BCUT2D eigenvalue weighted by molar-refractivity contribution is 7.61. The molecule has 4 aromatic carbocycles. The number of anilines is 2. The SMILES string of the molecule is COc1ccc(NC(=O)c2cc(-c3ccccc3)cc(N=S(=O)=O)c2NC(=O)c2ccc(C(C)(C)C)cc2)cc1. The van der Waals surface area contributed by atoms with Crippen molar-refractivity contribution in [2.75, 3.05) is 17.7 Å². The summed E-state index contributed by atoms with van der Waals surface area (Å²) in [7, 11) is -1.31. The zero-order valence-corrected chi connectivity index (χ0v) is 23.4. The van der Waals surface area contributed by atoms with Gasteiger partial charge in [-0.05, 0) is 70.6 Å². The second kappa shape index (κ2) is 12.0. The Labute approximate surface area is 234 Å². The van der Waals surface area contributed by atoms with Gasteiger partial charge in [-0.2, -0.15) is 8.42 Å². The molecule has 4 aromatic rings. The van der Waals surface area contributed by atoms with Crippen LogP contribution >= 0.6 is 0 Å². The fourth-order valence-electron chi connectivity index (χ4n) is 4.07. The van der Waals surface area contributed by atoms with Crippen LogP contribution in [0.2, 0.25) is 0 Å². The normalized spacial score (nSPS) is 10.9. The van der Waals surface area contributed by atoms with Gasteiger partial charge in [0.2, 0.25) is 0 Å². The van der Waals surface area contributed by atoms with Crippen molar-refractivity contribution >= 4 is 39.4 Å². The Bertz CT molecular complexity index is 1670. The maximum Gasteiger partial charge on any atom is 0.316 e. The van der Waals surface area contributed by atoms with Crippen molar-refractivity contribution in [1.29, 1.82) is 0 Å². The van der Waals surface area contributed by atoms with Crippen LogP contribution in [0.5, 0.6) is 5.75 Å². The molecule has 0 radical (unpaired) electrons. The Kier molecular flexibility index (Phi) is 8.45. The van der Waals surface area contributed by atoms with Gasteiger partial charge in [-0.1, -0.05) is 63.2 Å². The second-order valence-corrected chi connectivity index (χ2v) is 10.7. The largest absolute Gasteiger partial charge is 0.497 e. The molecule has 4 rings (SSSR count). The first-order chi connectivity index (χ1) is 19.0. The van der Waals surface area contributed by atoms with Gasteiger partial charge < -0.3 is 15.4 Å². The van der Waals surface area contributed by atoms with E-state index in [0.717, 1.165) is 11.1 Å². The molecule has 0 heterocycles. The van der Waals surface area contributed by atoms with Crippen LogP contribution in [0.15, 0.2) is 95.4 Å². The lowest BCUT2D eigenvalue weighted by Gasteiger charge is -2.19. The predicted octanol–water partition coefficient (Wildman–Crippen LogP) is 6.86. The molecule has 0 aliphatic rings. The first kappa shape index (κ1) is 28.3. The van der Waals surface area contributed by atoms with E-state index in [0.29, 0.717) is 22.6 Å². The number of nitrogens with one attached hydrogen (secondary N) is 2. The Morgan fingerprint density at radius 2 is 1.43 bits per heavy atom. The van der Waals surface area contributed by atoms with E-state index in [1.807, 2.05) is 42.5 Å². The topological polar surface area (TPSA) is 114 Å². The molecule has 0 saturated heterocycles. The Balaban J connectivity index is 1.81.